The van der Waals surface area contributed by atoms with E-state index < -0.39 is 0 Å². The van der Waals surface area contributed by atoms with Crippen molar-refractivity contribution in [3.63, 3.8) is 0 Å². The lowest BCUT2D eigenvalue weighted by Gasteiger charge is -2.35. The number of fused-ring (bicyclic) bond motifs is 2. The van der Waals surface area contributed by atoms with Gasteiger partial charge in [0.25, 0.3) is 0 Å². The van der Waals surface area contributed by atoms with Crippen LogP contribution in [0.2, 0.25) is 0 Å². The van der Waals surface area contributed by atoms with Gasteiger partial charge in [0, 0.05) is 12.5 Å². The quantitative estimate of drug-likeness (QED) is 0.647. The van der Waals surface area contributed by atoms with Crippen LogP contribution in [0.5, 0.6) is 0 Å². The molecular weight excluding hydrogens is 186 g/mol. The van der Waals surface area contributed by atoms with Crippen LogP contribution >= 0.6 is 0 Å². The zero-order chi connectivity index (χ0) is 10.3. The standard InChI is InChI=1S/C13H15NO/c15-13-8-12-10(6-3-7-14-12)9-4-1-2-5-11(9)13/h1-2,4-5,11-12,14H,3,6-8H2. The molecule has 3 aliphatic rings. The first-order valence-electron chi connectivity index (χ1n) is 5.70. The smallest absolute Gasteiger partial charge is 0.146 e. The first-order chi connectivity index (χ1) is 7.36. The number of hydrogen-bond donors (Lipinski definition) is 1. The van der Waals surface area contributed by atoms with Gasteiger partial charge >= 0.3 is 0 Å². The van der Waals surface area contributed by atoms with Crippen molar-refractivity contribution in [1.82, 2.24) is 5.32 Å². The Bertz CT molecular complexity index is 389. The second-order valence-electron chi connectivity index (χ2n) is 4.48. The topological polar surface area (TPSA) is 29.1 Å². The Labute approximate surface area is 89.7 Å². The van der Waals surface area contributed by atoms with E-state index in [2.05, 4.69) is 11.4 Å². The van der Waals surface area contributed by atoms with Gasteiger partial charge in [-0.3, -0.25) is 4.79 Å². The minimum absolute atomic E-state index is 0.0566. The fraction of sp³-hybridized carbons (Fsp3) is 0.462. The Hall–Kier alpha value is -1.15. The molecule has 15 heavy (non-hydrogen) atoms. The lowest BCUT2D eigenvalue weighted by Crippen LogP contribution is -2.43. The molecule has 2 heteroatoms. The van der Waals surface area contributed by atoms with Gasteiger partial charge in [0.05, 0.1) is 5.92 Å². The van der Waals surface area contributed by atoms with E-state index in [-0.39, 0.29) is 5.92 Å². The van der Waals surface area contributed by atoms with Gasteiger partial charge in [-0.25, -0.2) is 0 Å². The van der Waals surface area contributed by atoms with Gasteiger partial charge in [0.1, 0.15) is 5.78 Å². The number of ketones is 1. The molecule has 1 saturated heterocycles. The molecule has 0 aromatic rings. The van der Waals surface area contributed by atoms with Gasteiger partial charge < -0.3 is 5.32 Å². The molecule has 0 bridgehead atoms. The highest BCUT2D eigenvalue weighted by atomic mass is 16.1. The number of carbonyl (C=O) groups is 1. The molecule has 2 atom stereocenters. The first-order valence-corrected chi connectivity index (χ1v) is 5.70. The minimum atomic E-state index is 0.0566. The summed E-state index contributed by atoms with van der Waals surface area (Å²) in [6, 6.07) is 0.327. The summed E-state index contributed by atoms with van der Waals surface area (Å²) in [5.41, 5.74) is 2.75. The van der Waals surface area contributed by atoms with E-state index in [0.717, 1.165) is 13.0 Å². The monoisotopic (exact) mass is 201 g/mol. The van der Waals surface area contributed by atoms with E-state index in [1.165, 1.54) is 17.6 Å². The predicted molar refractivity (Wildman–Crippen MR) is 59.4 cm³/mol. The molecule has 1 heterocycles. The van der Waals surface area contributed by atoms with Crippen molar-refractivity contribution >= 4 is 5.78 Å². The highest BCUT2D eigenvalue weighted by Gasteiger charge is 2.34. The summed E-state index contributed by atoms with van der Waals surface area (Å²) in [6.07, 6.45) is 11.2. The van der Waals surface area contributed by atoms with Gasteiger partial charge in [0.2, 0.25) is 0 Å². The van der Waals surface area contributed by atoms with E-state index in [1.54, 1.807) is 0 Å². The molecule has 1 fully saturated rings. The van der Waals surface area contributed by atoms with Crippen LogP contribution in [0.15, 0.2) is 35.5 Å². The van der Waals surface area contributed by atoms with E-state index in [4.69, 9.17) is 0 Å². The Balaban J connectivity index is 2.06. The summed E-state index contributed by atoms with van der Waals surface area (Å²) in [5, 5.41) is 3.45. The molecule has 0 aromatic heterocycles. The van der Waals surface area contributed by atoms with Crippen LogP contribution in [0.4, 0.5) is 0 Å². The second-order valence-corrected chi connectivity index (χ2v) is 4.48. The average Bonchev–Trinajstić information content (AvgIpc) is 2.30. The number of allylic oxidation sites excluding steroid dienone is 5. The molecule has 2 nitrogen and oxygen atoms in total. The third kappa shape index (κ3) is 1.40. The van der Waals surface area contributed by atoms with Crippen molar-refractivity contribution in [2.24, 2.45) is 5.92 Å². The molecular formula is C13H15NO. The Morgan fingerprint density at radius 3 is 3.20 bits per heavy atom. The molecule has 0 saturated carbocycles. The maximum Gasteiger partial charge on any atom is 0.146 e. The van der Waals surface area contributed by atoms with Gasteiger partial charge in [-0.1, -0.05) is 24.3 Å². The zero-order valence-electron chi connectivity index (χ0n) is 8.70. The molecule has 0 radical (unpaired) electrons. The summed E-state index contributed by atoms with van der Waals surface area (Å²) in [7, 11) is 0. The zero-order valence-corrected chi connectivity index (χ0v) is 8.70. The van der Waals surface area contributed by atoms with Crippen molar-refractivity contribution in [2.45, 2.75) is 25.3 Å². The van der Waals surface area contributed by atoms with Crippen molar-refractivity contribution < 1.29 is 4.79 Å². The SMILES string of the molecule is O=C1CC2NCCCC2=C2C=CC=CC12. The first kappa shape index (κ1) is 9.10. The van der Waals surface area contributed by atoms with Gasteiger partial charge in [-0.15, -0.1) is 0 Å². The Kier molecular flexibility index (Phi) is 2.10. The van der Waals surface area contributed by atoms with Crippen LogP contribution in [-0.2, 0) is 4.79 Å². The summed E-state index contributed by atoms with van der Waals surface area (Å²) < 4.78 is 0. The normalized spacial score (nSPS) is 34.0. The van der Waals surface area contributed by atoms with Crippen LogP contribution in [0.25, 0.3) is 0 Å². The van der Waals surface area contributed by atoms with E-state index in [0.29, 0.717) is 18.2 Å². The highest BCUT2D eigenvalue weighted by molar-refractivity contribution is 5.89. The third-order valence-corrected chi connectivity index (χ3v) is 3.58. The maximum absolute atomic E-state index is 11.9. The van der Waals surface area contributed by atoms with Crippen LogP contribution in [-0.4, -0.2) is 18.4 Å². The molecule has 2 unspecified atom stereocenters. The number of Topliss-reactive ketones (excluding diaryl/α,β-unsaturated/α-hetero) is 1. The van der Waals surface area contributed by atoms with Crippen LogP contribution < -0.4 is 5.32 Å². The summed E-state index contributed by atoms with van der Waals surface area (Å²) in [6.45, 7) is 1.05. The van der Waals surface area contributed by atoms with Gasteiger partial charge in [-0.05, 0) is 30.5 Å². The molecule has 0 amide bonds. The summed E-state index contributed by atoms with van der Waals surface area (Å²) in [4.78, 5) is 11.9. The lowest BCUT2D eigenvalue weighted by molar-refractivity contribution is -0.121. The number of hydrogen-bond acceptors (Lipinski definition) is 2. The molecule has 3 rings (SSSR count). The fourth-order valence-corrected chi connectivity index (χ4v) is 2.85. The molecule has 78 valence electrons. The second kappa shape index (κ2) is 3.46. The fourth-order valence-electron chi connectivity index (χ4n) is 2.85. The van der Waals surface area contributed by atoms with E-state index in [9.17, 15) is 4.79 Å². The van der Waals surface area contributed by atoms with Crippen LogP contribution in [0.3, 0.4) is 0 Å². The molecule has 1 aliphatic heterocycles. The third-order valence-electron chi connectivity index (χ3n) is 3.58. The van der Waals surface area contributed by atoms with Crippen LogP contribution in [0.1, 0.15) is 19.3 Å². The summed E-state index contributed by atoms with van der Waals surface area (Å²) >= 11 is 0. The average molecular weight is 201 g/mol. The molecule has 1 N–H and O–H groups in total. The number of rotatable bonds is 0. The molecule has 0 aromatic carbocycles. The predicted octanol–water partition coefficient (Wildman–Crippen LogP) is 1.75. The maximum atomic E-state index is 11.9. The van der Waals surface area contributed by atoms with E-state index >= 15 is 0 Å². The van der Waals surface area contributed by atoms with Crippen molar-refractivity contribution in [2.75, 3.05) is 6.54 Å². The van der Waals surface area contributed by atoms with E-state index in [1.807, 2.05) is 18.2 Å². The number of piperidine rings is 1. The van der Waals surface area contributed by atoms with Crippen molar-refractivity contribution in [3.8, 4) is 0 Å². The number of carbonyl (C=O) groups excluding carboxylic acids is 1. The van der Waals surface area contributed by atoms with Crippen molar-refractivity contribution in [1.29, 1.82) is 0 Å². The highest BCUT2D eigenvalue weighted by Crippen LogP contribution is 2.35. The van der Waals surface area contributed by atoms with Gasteiger partial charge in [-0.2, -0.15) is 0 Å². The number of nitrogens with one attached hydrogen (secondary N) is 1. The molecule has 2 aliphatic carbocycles. The van der Waals surface area contributed by atoms with Crippen molar-refractivity contribution in [3.05, 3.63) is 35.5 Å². The lowest BCUT2D eigenvalue weighted by atomic mass is 9.75. The van der Waals surface area contributed by atoms with Gasteiger partial charge in [0.15, 0.2) is 0 Å². The largest absolute Gasteiger partial charge is 0.310 e. The Morgan fingerprint density at radius 2 is 2.27 bits per heavy atom. The van der Waals surface area contributed by atoms with Crippen LogP contribution in [0, 0.1) is 5.92 Å². The molecule has 0 spiro atoms. The minimum Gasteiger partial charge on any atom is -0.310 e. The summed E-state index contributed by atoms with van der Waals surface area (Å²) in [5.74, 6) is 0.426. The Morgan fingerprint density at radius 1 is 1.33 bits per heavy atom.